The molecule has 1 aromatic rings. The second-order valence-corrected chi connectivity index (χ2v) is 6.14. The topological polar surface area (TPSA) is 84.9 Å². The number of rotatable bonds is 5. The number of methoxy groups -OCH3 is 1. The maximum Gasteiger partial charge on any atom is 0.235 e. The molecule has 2 N–H and O–H groups in total. The molecule has 0 radical (unpaired) electrons. The van der Waals surface area contributed by atoms with Crippen LogP contribution >= 0.6 is 0 Å². The molecule has 7 heteroatoms. The van der Waals surface area contributed by atoms with Gasteiger partial charge in [-0.3, -0.25) is 4.72 Å². The molecular formula is C12H17NO5S. The van der Waals surface area contributed by atoms with Crippen LogP contribution < -0.4 is 9.46 Å². The second kappa shape index (κ2) is 5.66. The third kappa shape index (κ3) is 3.51. The fourth-order valence-corrected chi connectivity index (χ4v) is 3.36. The Labute approximate surface area is 112 Å². The molecule has 0 amide bonds. The number of aromatic hydroxyl groups is 1. The van der Waals surface area contributed by atoms with E-state index < -0.39 is 10.0 Å². The first-order chi connectivity index (χ1) is 9.02. The number of ether oxygens (including phenoxy) is 2. The van der Waals surface area contributed by atoms with Crippen LogP contribution in [0.15, 0.2) is 18.2 Å². The summed E-state index contributed by atoms with van der Waals surface area (Å²) in [6, 6.07) is 4.54. The highest BCUT2D eigenvalue weighted by Gasteiger charge is 2.25. The van der Waals surface area contributed by atoms with Gasteiger partial charge < -0.3 is 14.6 Å². The Morgan fingerprint density at radius 3 is 2.95 bits per heavy atom. The van der Waals surface area contributed by atoms with Gasteiger partial charge in [-0.15, -0.1) is 0 Å². The highest BCUT2D eigenvalue weighted by molar-refractivity contribution is 7.92. The molecule has 1 saturated heterocycles. The number of hydrogen-bond donors (Lipinski definition) is 2. The predicted octanol–water partition coefficient (Wildman–Crippen LogP) is 1.32. The molecule has 1 unspecified atom stereocenters. The zero-order chi connectivity index (χ0) is 13.9. The van der Waals surface area contributed by atoms with E-state index in [0.29, 0.717) is 6.61 Å². The van der Waals surface area contributed by atoms with Crippen molar-refractivity contribution in [2.45, 2.75) is 18.9 Å². The lowest BCUT2D eigenvalue weighted by molar-refractivity contribution is 0.127. The van der Waals surface area contributed by atoms with Crippen LogP contribution in [0.2, 0.25) is 0 Å². The molecule has 1 aliphatic heterocycles. The van der Waals surface area contributed by atoms with Crippen LogP contribution in [0.1, 0.15) is 12.8 Å². The van der Waals surface area contributed by atoms with Gasteiger partial charge in [-0.1, -0.05) is 6.07 Å². The maximum absolute atomic E-state index is 12.0. The van der Waals surface area contributed by atoms with E-state index in [1.807, 2.05) is 0 Å². The van der Waals surface area contributed by atoms with Gasteiger partial charge in [-0.05, 0) is 25.0 Å². The van der Waals surface area contributed by atoms with Crippen molar-refractivity contribution < 1.29 is 23.0 Å². The van der Waals surface area contributed by atoms with Gasteiger partial charge in [0.15, 0.2) is 0 Å². The van der Waals surface area contributed by atoms with Gasteiger partial charge in [-0.25, -0.2) is 8.42 Å². The molecule has 2 rings (SSSR count). The van der Waals surface area contributed by atoms with Gasteiger partial charge in [0.05, 0.1) is 19.0 Å². The summed E-state index contributed by atoms with van der Waals surface area (Å²) in [5, 5.41) is 9.71. The minimum Gasteiger partial charge on any atom is -0.506 e. The average molecular weight is 287 g/mol. The molecule has 1 fully saturated rings. The summed E-state index contributed by atoms with van der Waals surface area (Å²) in [7, 11) is -2.18. The van der Waals surface area contributed by atoms with Crippen LogP contribution in [-0.4, -0.2) is 39.1 Å². The number of anilines is 1. The Balaban J connectivity index is 2.15. The lowest BCUT2D eigenvalue weighted by Gasteiger charge is -2.15. The molecule has 0 spiro atoms. The maximum atomic E-state index is 12.0. The molecule has 0 saturated carbocycles. The van der Waals surface area contributed by atoms with Crippen molar-refractivity contribution in [3.63, 3.8) is 0 Å². The molecule has 0 aromatic heterocycles. The van der Waals surface area contributed by atoms with Crippen molar-refractivity contribution in [3.8, 4) is 11.5 Å². The Kier molecular flexibility index (Phi) is 4.16. The molecule has 6 nitrogen and oxygen atoms in total. The van der Waals surface area contributed by atoms with Gasteiger partial charge in [0.1, 0.15) is 17.2 Å². The second-order valence-electron chi connectivity index (χ2n) is 4.37. The Morgan fingerprint density at radius 1 is 1.53 bits per heavy atom. The zero-order valence-corrected chi connectivity index (χ0v) is 11.4. The summed E-state index contributed by atoms with van der Waals surface area (Å²) < 4.78 is 36.7. The summed E-state index contributed by atoms with van der Waals surface area (Å²) in [5.74, 6) is -0.0176. The summed E-state index contributed by atoms with van der Waals surface area (Å²) in [6.45, 7) is 0.597. The van der Waals surface area contributed by atoms with Crippen LogP contribution in [0.25, 0.3) is 0 Å². The summed E-state index contributed by atoms with van der Waals surface area (Å²) in [6.07, 6.45) is 1.33. The molecule has 19 heavy (non-hydrogen) atoms. The van der Waals surface area contributed by atoms with E-state index in [2.05, 4.69) is 4.72 Å². The van der Waals surface area contributed by atoms with E-state index in [1.54, 1.807) is 12.1 Å². The van der Waals surface area contributed by atoms with Crippen molar-refractivity contribution in [2.75, 3.05) is 24.2 Å². The quantitative estimate of drug-likeness (QED) is 0.798. The lowest BCUT2D eigenvalue weighted by atomic mass is 10.3. The van der Waals surface area contributed by atoms with Crippen molar-refractivity contribution in [1.82, 2.24) is 0 Å². The predicted molar refractivity (Wildman–Crippen MR) is 71.0 cm³/mol. The first-order valence-corrected chi connectivity index (χ1v) is 7.65. The number of phenols is 1. The van der Waals surface area contributed by atoms with E-state index in [1.165, 1.54) is 13.2 Å². The fourth-order valence-electron chi connectivity index (χ4n) is 2.01. The van der Waals surface area contributed by atoms with E-state index in [0.717, 1.165) is 12.8 Å². The normalized spacial score (nSPS) is 19.3. The largest absolute Gasteiger partial charge is 0.506 e. The molecule has 1 heterocycles. The number of sulfonamides is 1. The minimum absolute atomic E-state index is 0.0583. The fraction of sp³-hybridized carbons (Fsp3) is 0.500. The van der Waals surface area contributed by atoms with E-state index in [-0.39, 0.29) is 29.0 Å². The lowest BCUT2D eigenvalue weighted by Crippen LogP contribution is -2.25. The smallest absolute Gasteiger partial charge is 0.235 e. The highest BCUT2D eigenvalue weighted by atomic mass is 32.2. The van der Waals surface area contributed by atoms with Crippen LogP contribution in [0.3, 0.4) is 0 Å². The first-order valence-electron chi connectivity index (χ1n) is 6.00. The Morgan fingerprint density at radius 2 is 2.32 bits per heavy atom. The molecule has 0 aliphatic carbocycles. The van der Waals surface area contributed by atoms with Crippen LogP contribution in [0.4, 0.5) is 5.69 Å². The van der Waals surface area contributed by atoms with E-state index >= 15 is 0 Å². The zero-order valence-electron chi connectivity index (χ0n) is 10.6. The van der Waals surface area contributed by atoms with Gasteiger partial charge in [0.2, 0.25) is 10.0 Å². The van der Waals surface area contributed by atoms with Gasteiger partial charge in [0.25, 0.3) is 0 Å². The van der Waals surface area contributed by atoms with Crippen molar-refractivity contribution in [1.29, 1.82) is 0 Å². The molecular weight excluding hydrogens is 270 g/mol. The molecule has 1 aliphatic rings. The van der Waals surface area contributed by atoms with E-state index in [9.17, 15) is 13.5 Å². The van der Waals surface area contributed by atoms with Crippen molar-refractivity contribution in [2.24, 2.45) is 0 Å². The summed E-state index contributed by atoms with van der Waals surface area (Å²) in [5.41, 5.74) is 0.0583. The van der Waals surface area contributed by atoms with Gasteiger partial charge in [-0.2, -0.15) is 0 Å². The number of hydrogen-bond acceptors (Lipinski definition) is 5. The van der Waals surface area contributed by atoms with Crippen LogP contribution in [0, 0.1) is 0 Å². The van der Waals surface area contributed by atoms with Gasteiger partial charge >= 0.3 is 0 Å². The monoisotopic (exact) mass is 287 g/mol. The summed E-state index contributed by atoms with van der Waals surface area (Å²) >= 11 is 0. The van der Waals surface area contributed by atoms with Gasteiger partial charge in [0, 0.05) is 6.61 Å². The van der Waals surface area contributed by atoms with E-state index in [4.69, 9.17) is 9.47 Å². The SMILES string of the molecule is COc1cccc(O)c1NS(=O)(=O)CC1CCCO1. The molecule has 106 valence electrons. The number of phenolic OH excluding ortho intramolecular Hbond substituents is 1. The van der Waals surface area contributed by atoms with Crippen molar-refractivity contribution >= 4 is 15.7 Å². The minimum atomic E-state index is -3.59. The highest BCUT2D eigenvalue weighted by Crippen LogP contribution is 2.34. The molecule has 1 aromatic carbocycles. The number of para-hydroxylation sites is 1. The Bertz CT molecular complexity index is 537. The number of benzene rings is 1. The molecule has 1 atom stereocenters. The standard InChI is InChI=1S/C12H17NO5S/c1-17-11-6-2-5-10(14)12(11)13-19(15,16)8-9-4-3-7-18-9/h2,5-6,9,13-14H,3-4,7-8H2,1H3. The average Bonchev–Trinajstić information content (AvgIpc) is 2.83. The van der Waals surface area contributed by atoms with Crippen LogP contribution in [0.5, 0.6) is 11.5 Å². The Hall–Kier alpha value is -1.47. The van der Waals surface area contributed by atoms with Crippen molar-refractivity contribution in [3.05, 3.63) is 18.2 Å². The first kappa shape index (κ1) is 14.0. The van der Waals surface area contributed by atoms with Crippen LogP contribution in [-0.2, 0) is 14.8 Å². The third-order valence-corrected chi connectivity index (χ3v) is 4.24. The third-order valence-electron chi connectivity index (χ3n) is 2.91. The molecule has 0 bridgehead atoms. The number of nitrogens with one attached hydrogen (secondary N) is 1. The summed E-state index contributed by atoms with van der Waals surface area (Å²) in [4.78, 5) is 0.